The van der Waals surface area contributed by atoms with Crippen LogP contribution in [0.15, 0.2) is 101 Å². The van der Waals surface area contributed by atoms with Gasteiger partial charge in [0.05, 0.1) is 16.7 Å². The van der Waals surface area contributed by atoms with E-state index in [1.54, 1.807) is 5.51 Å². The second kappa shape index (κ2) is 10.7. The zero-order chi connectivity index (χ0) is 27.6. The molecule has 2 aromatic heterocycles. The van der Waals surface area contributed by atoms with Gasteiger partial charge in [0.25, 0.3) is 13.9 Å². The lowest BCUT2D eigenvalue weighted by Gasteiger charge is -2.41. The molecule has 0 amide bonds. The molecule has 3 aromatic carbocycles. The molecule has 5 rings (SSSR count). The molecule has 198 valence electrons. The summed E-state index contributed by atoms with van der Waals surface area (Å²) < 4.78 is 1.48. The van der Waals surface area contributed by atoms with Crippen molar-refractivity contribution in [1.29, 1.82) is 0 Å². The molecule has 0 saturated carbocycles. The van der Waals surface area contributed by atoms with Crippen LogP contribution in [0, 0.1) is 0 Å². The van der Waals surface area contributed by atoms with E-state index in [1.807, 2.05) is 84.9 Å². The normalized spacial score (nSPS) is 12.1. The predicted octanol–water partition coefficient (Wildman–Crippen LogP) is 5.00. The molecule has 8 heteroatoms. The summed E-state index contributed by atoms with van der Waals surface area (Å²) >= 11 is 1.31. The van der Waals surface area contributed by atoms with Gasteiger partial charge in [-0.15, -0.1) is 11.3 Å². The van der Waals surface area contributed by atoms with Crippen molar-refractivity contribution in [2.24, 2.45) is 0 Å². The Kier molecular flexibility index (Phi) is 7.35. The molecule has 39 heavy (non-hydrogen) atoms. The van der Waals surface area contributed by atoms with Crippen LogP contribution in [0.25, 0.3) is 16.0 Å². The van der Waals surface area contributed by atoms with Crippen molar-refractivity contribution in [2.75, 3.05) is 0 Å². The highest BCUT2D eigenvalue weighted by molar-refractivity contribution is 7.16. The molecule has 0 unspecified atom stereocenters. The number of carboxylic acids is 1. The van der Waals surface area contributed by atoms with E-state index < -0.39 is 24.9 Å². The molecular formula is C31H30N2O4SSi. The molecule has 2 N–H and O–H groups in total. The number of rotatable bonds is 9. The summed E-state index contributed by atoms with van der Waals surface area (Å²) in [6.07, 6.45) is 2.20. The summed E-state index contributed by atoms with van der Waals surface area (Å²) in [5.74, 6) is -1.27. The van der Waals surface area contributed by atoms with E-state index in [9.17, 15) is 19.5 Å². The van der Waals surface area contributed by atoms with Gasteiger partial charge < -0.3 is 9.90 Å². The van der Waals surface area contributed by atoms with Crippen LogP contribution in [-0.2, 0) is 6.42 Å². The minimum absolute atomic E-state index is 0.300. The fourth-order valence-corrected chi connectivity index (χ4v) is 10.0. The number of hydrogen-bond donors (Lipinski definition) is 2. The molecule has 0 aliphatic carbocycles. The Bertz CT molecular complexity index is 1640. The van der Waals surface area contributed by atoms with Crippen molar-refractivity contribution < 1.29 is 14.7 Å². The van der Waals surface area contributed by atoms with E-state index in [4.69, 9.17) is 0 Å². The zero-order valence-electron chi connectivity index (χ0n) is 21.9. The molecule has 2 heterocycles. The summed E-state index contributed by atoms with van der Waals surface area (Å²) in [4.78, 5) is 42.4. The number of thiazole rings is 1. The number of aryl methyl sites for hydroxylation is 1. The quantitative estimate of drug-likeness (QED) is 0.250. The first kappa shape index (κ1) is 26.7. The largest absolute Gasteiger partial charge is 0.477 e. The van der Waals surface area contributed by atoms with Crippen LogP contribution in [0.2, 0.25) is 5.04 Å². The van der Waals surface area contributed by atoms with Crippen LogP contribution in [-0.4, -0.2) is 33.7 Å². The Morgan fingerprint density at radius 3 is 2.15 bits per heavy atom. The van der Waals surface area contributed by atoms with E-state index in [0.29, 0.717) is 22.5 Å². The van der Waals surface area contributed by atoms with Crippen LogP contribution in [0.5, 0.6) is 0 Å². The van der Waals surface area contributed by atoms with Crippen molar-refractivity contribution >= 4 is 46.3 Å². The van der Waals surface area contributed by atoms with E-state index in [1.165, 1.54) is 22.0 Å². The highest BCUT2D eigenvalue weighted by atomic mass is 32.1. The second-order valence-electron chi connectivity index (χ2n) is 10.4. The maximum absolute atomic E-state index is 13.3. The van der Waals surface area contributed by atoms with Gasteiger partial charge in [-0.2, -0.15) is 0 Å². The van der Waals surface area contributed by atoms with Crippen LogP contribution < -0.4 is 15.9 Å². The summed E-state index contributed by atoms with van der Waals surface area (Å²) in [6.45, 7) is 4.29. The van der Waals surface area contributed by atoms with Crippen LogP contribution >= 0.6 is 11.3 Å². The number of fused-ring (bicyclic) bond motifs is 1. The summed E-state index contributed by atoms with van der Waals surface area (Å²) in [7, 11) is -3.13. The Balaban J connectivity index is 1.48. The average Bonchev–Trinajstić information content (AvgIpc) is 3.42. The minimum Gasteiger partial charge on any atom is -0.477 e. The molecule has 0 aliphatic rings. The summed E-state index contributed by atoms with van der Waals surface area (Å²) in [6, 6.07) is 28.9. The Hall–Kier alpha value is -3.85. The number of nitrogens with zero attached hydrogens (tertiary/aromatic N) is 2. The van der Waals surface area contributed by atoms with Gasteiger partial charge in [0, 0.05) is 0 Å². The SMILES string of the molecule is CC(C)(CCCc1ccccc1-n1c(=O)c(C(=O)O)cc2ncsc21)[Si](O)(c1ccccc1)c1ccccc1. The fraction of sp³-hybridized carbons (Fsp3) is 0.194. The first-order valence-corrected chi connectivity index (χ1v) is 15.7. The molecular weight excluding hydrogens is 525 g/mol. The number of pyridine rings is 1. The van der Waals surface area contributed by atoms with Gasteiger partial charge in [-0.3, -0.25) is 9.36 Å². The number of hydrogen-bond acceptors (Lipinski definition) is 5. The lowest BCUT2D eigenvalue weighted by molar-refractivity contribution is 0.0695. The third kappa shape index (κ3) is 4.87. The van der Waals surface area contributed by atoms with Crippen LogP contribution in [0.4, 0.5) is 0 Å². The third-order valence-electron chi connectivity index (χ3n) is 7.57. The van der Waals surface area contributed by atoms with Crippen molar-refractivity contribution in [3.63, 3.8) is 0 Å². The lowest BCUT2D eigenvalue weighted by atomic mass is 10.00. The average molecular weight is 555 g/mol. The predicted molar refractivity (Wildman–Crippen MR) is 159 cm³/mol. The van der Waals surface area contributed by atoms with Crippen molar-refractivity contribution in [2.45, 2.75) is 38.1 Å². The summed E-state index contributed by atoms with van der Waals surface area (Å²) in [5, 5.41) is 11.2. The van der Waals surface area contributed by atoms with E-state index in [-0.39, 0.29) is 5.56 Å². The monoisotopic (exact) mass is 554 g/mol. The maximum atomic E-state index is 13.3. The number of para-hydroxylation sites is 1. The Labute approximate surface area is 232 Å². The second-order valence-corrected chi connectivity index (χ2v) is 15.1. The van der Waals surface area contributed by atoms with E-state index in [0.717, 1.165) is 28.8 Å². The smallest absolute Gasteiger partial charge is 0.341 e. The molecule has 0 aliphatic heterocycles. The molecule has 0 saturated heterocycles. The van der Waals surface area contributed by atoms with Crippen LogP contribution in [0.3, 0.4) is 0 Å². The Morgan fingerprint density at radius 1 is 0.949 bits per heavy atom. The molecule has 0 fully saturated rings. The molecule has 0 radical (unpaired) electrons. The van der Waals surface area contributed by atoms with Gasteiger partial charge in [0.1, 0.15) is 10.4 Å². The number of aromatic carboxylic acids is 1. The van der Waals surface area contributed by atoms with Gasteiger partial charge in [0.2, 0.25) is 0 Å². The first-order chi connectivity index (χ1) is 18.7. The topological polar surface area (TPSA) is 92.4 Å². The van der Waals surface area contributed by atoms with Crippen molar-refractivity contribution in [3.8, 4) is 5.69 Å². The molecule has 0 atom stereocenters. The van der Waals surface area contributed by atoms with E-state index >= 15 is 0 Å². The number of carbonyl (C=O) groups is 1. The van der Waals surface area contributed by atoms with Gasteiger partial charge in [-0.05, 0) is 52.4 Å². The standard InChI is InChI=1S/C31H30N2O4SSi/c1-31(2,39(37,23-14-5-3-6-15-23)24-16-7-4-8-17-24)19-11-13-22-12-9-10-18-27(22)33-28(34)25(30(35)36)20-26-29(33)38-21-32-26/h3-10,12,14-18,20-21,37H,11,13,19H2,1-2H3,(H,35,36). The number of carboxylic acid groups (broad SMARTS) is 1. The Morgan fingerprint density at radius 2 is 1.54 bits per heavy atom. The lowest BCUT2D eigenvalue weighted by Crippen LogP contribution is -2.65. The molecule has 5 aromatic rings. The van der Waals surface area contributed by atoms with E-state index in [2.05, 4.69) is 18.8 Å². The third-order valence-corrected chi connectivity index (χ3v) is 12.9. The zero-order valence-corrected chi connectivity index (χ0v) is 23.7. The fourth-order valence-electron chi connectivity index (χ4n) is 5.45. The number of aromatic nitrogens is 2. The van der Waals surface area contributed by atoms with Gasteiger partial charge >= 0.3 is 5.97 Å². The van der Waals surface area contributed by atoms with Crippen molar-refractivity contribution in [3.05, 3.63) is 118 Å². The first-order valence-electron chi connectivity index (χ1n) is 12.9. The molecule has 0 bridgehead atoms. The highest BCUT2D eigenvalue weighted by Crippen LogP contribution is 2.40. The summed E-state index contributed by atoms with van der Waals surface area (Å²) in [5.41, 5.74) is 2.84. The molecule has 0 spiro atoms. The minimum atomic E-state index is -3.13. The van der Waals surface area contributed by atoms with Crippen molar-refractivity contribution in [1.82, 2.24) is 9.55 Å². The van der Waals surface area contributed by atoms with Gasteiger partial charge in [-0.1, -0.05) is 92.7 Å². The molecule has 6 nitrogen and oxygen atoms in total. The van der Waals surface area contributed by atoms with Gasteiger partial charge in [0.15, 0.2) is 0 Å². The maximum Gasteiger partial charge on any atom is 0.341 e. The number of benzene rings is 3. The van der Waals surface area contributed by atoms with Gasteiger partial charge in [-0.25, -0.2) is 9.78 Å². The highest BCUT2D eigenvalue weighted by Gasteiger charge is 2.49. The van der Waals surface area contributed by atoms with Crippen LogP contribution in [0.1, 0.15) is 42.6 Å².